The third-order valence-corrected chi connectivity index (χ3v) is 3.05. The molecule has 1 aliphatic heterocycles. The van der Waals surface area contributed by atoms with Crippen LogP contribution in [-0.4, -0.2) is 19.1 Å². The van der Waals surface area contributed by atoms with E-state index in [2.05, 4.69) is 0 Å². The summed E-state index contributed by atoms with van der Waals surface area (Å²) in [6.07, 6.45) is 0. The number of carbonyl (C=O) groups is 1. The van der Waals surface area contributed by atoms with Gasteiger partial charge >= 0.3 is 0 Å². The molecular weight excluding hydrogens is 244 g/mol. The third-order valence-electron chi connectivity index (χ3n) is 3.05. The van der Waals surface area contributed by atoms with Crippen LogP contribution >= 0.6 is 0 Å². The number of nitrogens with zero attached hydrogens (tertiary/aromatic N) is 1. The van der Waals surface area contributed by atoms with Crippen LogP contribution in [0.4, 0.5) is 5.69 Å². The third kappa shape index (κ3) is 2.08. The highest BCUT2D eigenvalue weighted by Gasteiger charge is 2.26. The molecule has 0 saturated heterocycles. The summed E-state index contributed by atoms with van der Waals surface area (Å²) in [7, 11) is 0. The molecule has 5 nitrogen and oxygen atoms in total. The minimum Gasteiger partial charge on any atom is -0.490 e. The van der Waals surface area contributed by atoms with Gasteiger partial charge in [0.15, 0.2) is 5.76 Å². The van der Waals surface area contributed by atoms with E-state index in [1.54, 1.807) is 17.0 Å². The van der Waals surface area contributed by atoms with Crippen molar-refractivity contribution in [3.05, 3.63) is 47.9 Å². The van der Waals surface area contributed by atoms with Crippen molar-refractivity contribution in [3.8, 4) is 5.75 Å². The summed E-state index contributed by atoms with van der Waals surface area (Å²) in [6, 6.07) is 10.8. The molecular formula is C14H14N2O3. The molecule has 1 aromatic carbocycles. The fraction of sp³-hybridized carbons (Fsp3) is 0.214. The van der Waals surface area contributed by atoms with Crippen LogP contribution in [0.5, 0.6) is 5.75 Å². The van der Waals surface area contributed by atoms with Crippen LogP contribution < -0.4 is 15.4 Å². The fourth-order valence-electron chi connectivity index (χ4n) is 2.12. The summed E-state index contributed by atoms with van der Waals surface area (Å²) in [4.78, 5) is 14.1. The number of rotatable bonds is 2. The van der Waals surface area contributed by atoms with Crippen molar-refractivity contribution in [3.63, 3.8) is 0 Å². The first-order chi connectivity index (χ1) is 9.29. The van der Waals surface area contributed by atoms with E-state index < -0.39 is 0 Å². The molecule has 2 aromatic rings. The van der Waals surface area contributed by atoms with Gasteiger partial charge in [0.1, 0.15) is 18.1 Å². The van der Waals surface area contributed by atoms with Crippen LogP contribution in [0.2, 0.25) is 0 Å². The Balaban J connectivity index is 1.93. The number of amides is 1. The standard InChI is InChI=1S/C14H14N2O3/c15-9-10-5-6-13(19-10)14(17)16-7-8-18-12-4-2-1-3-11(12)16/h1-6H,7-9,15H2. The van der Waals surface area contributed by atoms with Gasteiger partial charge in [0.05, 0.1) is 18.8 Å². The van der Waals surface area contributed by atoms with Gasteiger partial charge in [-0.25, -0.2) is 0 Å². The molecule has 1 aromatic heterocycles. The predicted octanol–water partition coefficient (Wildman–Crippen LogP) is 1.78. The molecule has 0 radical (unpaired) electrons. The van der Waals surface area contributed by atoms with E-state index in [1.807, 2.05) is 24.3 Å². The second-order valence-electron chi connectivity index (χ2n) is 4.24. The Morgan fingerprint density at radius 1 is 1.26 bits per heavy atom. The summed E-state index contributed by atoms with van der Waals surface area (Å²) < 4.78 is 10.9. The highest BCUT2D eigenvalue weighted by atomic mass is 16.5. The van der Waals surface area contributed by atoms with Gasteiger partial charge in [-0.3, -0.25) is 9.69 Å². The van der Waals surface area contributed by atoms with Crippen molar-refractivity contribution in [2.24, 2.45) is 5.73 Å². The highest BCUT2D eigenvalue weighted by molar-refractivity contribution is 6.05. The maximum absolute atomic E-state index is 12.4. The van der Waals surface area contributed by atoms with Gasteiger partial charge in [0.2, 0.25) is 0 Å². The van der Waals surface area contributed by atoms with Crippen LogP contribution in [-0.2, 0) is 6.54 Å². The molecule has 0 spiro atoms. The maximum atomic E-state index is 12.4. The van der Waals surface area contributed by atoms with Gasteiger partial charge in [-0.05, 0) is 24.3 Å². The van der Waals surface area contributed by atoms with Crippen molar-refractivity contribution in [1.29, 1.82) is 0 Å². The van der Waals surface area contributed by atoms with E-state index >= 15 is 0 Å². The molecule has 19 heavy (non-hydrogen) atoms. The maximum Gasteiger partial charge on any atom is 0.294 e. The lowest BCUT2D eigenvalue weighted by Crippen LogP contribution is -2.37. The highest BCUT2D eigenvalue weighted by Crippen LogP contribution is 2.32. The van der Waals surface area contributed by atoms with Crippen molar-refractivity contribution in [1.82, 2.24) is 0 Å². The average Bonchev–Trinajstić information content (AvgIpc) is 2.95. The first-order valence-electron chi connectivity index (χ1n) is 6.12. The van der Waals surface area contributed by atoms with Gasteiger partial charge in [0, 0.05) is 0 Å². The zero-order valence-electron chi connectivity index (χ0n) is 10.3. The minimum absolute atomic E-state index is 0.171. The molecule has 1 amide bonds. The Hall–Kier alpha value is -2.27. The second kappa shape index (κ2) is 4.78. The van der Waals surface area contributed by atoms with E-state index in [4.69, 9.17) is 14.9 Å². The largest absolute Gasteiger partial charge is 0.490 e. The van der Waals surface area contributed by atoms with Crippen LogP contribution in [0.3, 0.4) is 0 Å². The van der Waals surface area contributed by atoms with Crippen molar-refractivity contribution >= 4 is 11.6 Å². The molecule has 0 saturated carbocycles. The number of carbonyl (C=O) groups excluding carboxylic acids is 1. The SMILES string of the molecule is NCc1ccc(C(=O)N2CCOc3ccccc32)o1. The molecule has 0 atom stereocenters. The Labute approximate surface area is 110 Å². The number of ether oxygens (including phenoxy) is 1. The predicted molar refractivity (Wildman–Crippen MR) is 70.2 cm³/mol. The number of hydrogen-bond donors (Lipinski definition) is 1. The topological polar surface area (TPSA) is 68.7 Å². The molecule has 0 unspecified atom stereocenters. The Morgan fingerprint density at radius 3 is 2.89 bits per heavy atom. The van der Waals surface area contributed by atoms with Gasteiger partial charge < -0.3 is 14.9 Å². The van der Waals surface area contributed by atoms with Gasteiger partial charge in [-0.2, -0.15) is 0 Å². The average molecular weight is 258 g/mol. The molecule has 2 N–H and O–H groups in total. The lowest BCUT2D eigenvalue weighted by atomic mass is 10.2. The summed E-state index contributed by atoms with van der Waals surface area (Å²) >= 11 is 0. The molecule has 0 fully saturated rings. The van der Waals surface area contributed by atoms with E-state index in [1.165, 1.54) is 0 Å². The molecule has 0 aliphatic carbocycles. The number of fused-ring (bicyclic) bond motifs is 1. The molecule has 98 valence electrons. The number of para-hydroxylation sites is 2. The number of nitrogens with two attached hydrogens (primary N) is 1. The molecule has 1 aliphatic rings. The van der Waals surface area contributed by atoms with Crippen LogP contribution in [0.25, 0.3) is 0 Å². The zero-order chi connectivity index (χ0) is 13.2. The van der Waals surface area contributed by atoms with E-state index in [0.29, 0.717) is 30.4 Å². The van der Waals surface area contributed by atoms with Gasteiger partial charge in [0.25, 0.3) is 5.91 Å². The number of hydrogen-bond acceptors (Lipinski definition) is 4. The van der Waals surface area contributed by atoms with Crippen LogP contribution in [0.1, 0.15) is 16.3 Å². The molecule has 0 bridgehead atoms. The number of furan rings is 1. The monoisotopic (exact) mass is 258 g/mol. The van der Waals surface area contributed by atoms with E-state index in [9.17, 15) is 4.79 Å². The lowest BCUT2D eigenvalue weighted by molar-refractivity contribution is 0.0948. The smallest absolute Gasteiger partial charge is 0.294 e. The van der Waals surface area contributed by atoms with E-state index in [0.717, 1.165) is 5.69 Å². The van der Waals surface area contributed by atoms with Crippen molar-refractivity contribution in [2.75, 3.05) is 18.1 Å². The van der Waals surface area contributed by atoms with Crippen molar-refractivity contribution in [2.45, 2.75) is 6.54 Å². The Morgan fingerprint density at radius 2 is 2.11 bits per heavy atom. The van der Waals surface area contributed by atoms with E-state index in [-0.39, 0.29) is 12.5 Å². The minimum atomic E-state index is -0.171. The Bertz CT molecular complexity index is 606. The second-order valence-corrected chi connectivity index (χ2v) is 4.24. The summed E-state index contributed by atoms with van der Waals surface area (Å²) in [5.74, 6) is 1.45. The normalized spacial score (nSPS) is 13.8. The number of benzene rings is 1. The molecule has 3 rings (SSSR count). The van der Waals surface area contributed by atoms with Crippen LogP contribution in [0, 0.1) is 0 Å². The fourth-order valence-corrected chi connectivity index (χ4v) is 2.12. The summed E-state index contributed by atoms with van der Waals surface area (Å²) in [5, 5.41) is 0. The van der Waals surface area contributed by atoms with Crippen molar-refractivity contribution < 1.29 is 13.9 Å². The van der Waals surface area contributed by atoms with Crippen LogP contribution in [0.15, 0.2) is 40.8 Å². The first kappa shape index (κ1) is 11.8. The first-order valence-corrected chi connectivity index (χ1v) is 6.12. The quantitative estimate of drug-likeness (QED) is 0.891. The lowest BCUT2D eigenvalue weighted by Gasteiger charge is -2.28. The molecule has 5 heteroatoms. The van der Waals surface area contributed by atoms with Gasteiger partial charge in [-0.1, -0.05) is 12.1 Å². The Kier molecular flexibility index (Phi) is 2.97. The summed E-state index contributed by atoms with van der Waals surface area (Å²) in [6.45, 7) is 1.27. The zero-order valence-corrected chi connectivity index (χ0v) is 10.3. The van der Waals surface area contributed by atoms with Gasteiger partial charge in [-0.15, -0.1) is 0 Å². The molecule has 2 heterocycles. The summed E-state index contributed by atoms with van der Waals surface area (Å²) in [5.41, 5.74) is 6.25. The number of anilines is 1.